The molecule has 18 heavy (non-hydrogen) atoms. The molecule has 1 aliphatic rings. The number of benzene rings is 1. The van der Waals surface area contributed by atoms with Gasteiger partial charge in [-0.25, -0.2) is 4.39 Å². The summed E-state index contributed by atoms with van der Waals surface area (Å²) in [4.78, 5) is 24.7. The number of hydrogen-bond acceptors (Lipinski definition) is 3. The normalized spacial score (nSPS) is 15.2. The predicted molar refractivity (Wildman–Crippen MR) is 61.9 cm³/mol. The Hall–Kier alpha value is -2.11. The minimum atomic E-state index is -0.523. The van der Waals surface area contributed by atoms with Gasteiger partial charge in [-0.15, -0.1) is 0 Å². The van der Waals surface area contributed by atoms with E-state index in [1.807, 2.05) is 0 Å². The highest BCUT2D eigenvalue weighted by Crippen LogP contribution is 2.19. The average molecular weight is 252 g/mol. The summed E-state index contributed by atoms with van der Waals surface area (Å²) in [5, 5.41) is 2.63. The second-order valence-electron chi connectivity index (χ2n) is 3.93. The molecule has 1 N–H and O–H groups in total. The van der Waals surface area contributed by atoms with Gasteiger partial charge in [0.2, 0.25) is 5.91 Å². The summed E-state index contributed by atoms with van der Waals surface area (Å²) in [6.45, 7) is 0.908. The number of rotatable bonds is 2. The molecule has 1 saturated heterocycles. The molecule has 1 fully saturated rings. The monoisotopic (exact) mass is 252 g/mol. The Kier molecular flexibility index (Phi) is 3.45. The minimum absolute atomic E-state index is 0.0160. The van der Waals surface area contributed by atoms with Crippen LogP contribution in [-0.4, -0.2) is 43.5 Å². The number of methoxy groups -OCH3 is 1. The van der Waals surface area contributed by atoms with Crippen LogP contribution in [0.25, 0.3) is 0 Å². The molecule has 6 heteroatoms. The van der Waals surface area contributed by atoms with E-state index in [0.717, 1.165) is 0 Å². The van der Waals surface area contributed by atoms with Gasteiger partial charge in [-0.2, -0.15) is 0 Å². The van der Waals surface area contributed by atoms with Gasteiger partial charge in [0, 0.05) is 18.7 Å². The molecule has 0 aliphatic carbocycles. The standard InChI is InChI=1S/C12H13FN2O3/c1-18-10-6-8(2-3-9(10)13)12(17)15-5-4-14-11(16)7-15/h2-3,6H,4-5,7H2,1H3,(H,14,16). The van der Waals surface area contributed by atoms with E-state index in [-0.39, 0.29) is 24.1 Å². The predicted octanol–water partition coefficient (Wildman–Crippen LogP) is 0.406. The van der Waals surface area contributed by atoms with Gasteiger partial charge in [0.15, 0.2) is 11.6 Å². The van der Waals surface area contributed by atoms with E-state index < -0.39 is 5.82 Å². The summed E-state index contributed by atoms with van der Waals surface area (Å²) < 4.78 is 18.0. The molecule has 0 saturated carbocycles. The second-order valence-corrected chi connectivity index (χ2v) is 3.93. The summed E-state index contributed by atoms with van der Waals surface area (Å²) >= 11 is 0. The molecule has 0 radical (unpaired) electrons. The lowest BCUT2D eigenvalue weighted by Crippen LogP contribution is -2.49. The van der Waals surface area contributed by atoms with Crippen molar-refractivity contribution in [3.63, 3.8) is 0 Å². The Morgan fingerprint density at radius 1 is 1.50 bits per heavy atom. The van der Waals surface area contributed by atoms with Crippen molar-refractivity contribution in [1.29, 1.82) is 0 Å². The van der Waals surface area contributed by atoms with Gasteiger partial charge in [0.05, 0.1) is 13.7 Å². The third kappa shape index (κ3) is 2.42. The summed E-state index contributed by atoms with van der Waals surface area (Å²) in [5.74, 6) is -1.00. The van der Waals surface area contributed by atoms with E-state index in [0.29, 0.717) is 18.7 Å². The van der Waals surface area contributed by atoms with Crippen molar-refractivity contribution in [2.45, 2.75) is 0 Å². The molecule has 0 unspecified atom stereocenters. The fourth-order valence-corrected chi connectivity index (χ4v) is 1.79. The molecule has 1 aromatic rings. The fourth-order valence-electron chi connectivity index (χ4n) is 1.79. The third-order valence-corrected chi connectivity index (χ3v) is 2.72. The first-order valence-electron chi connectivity index (χ1n) is 5.51. The lowest BCUT2D eigenvalue weighted by atomic mass is 10.1. The molecule has 0 spiro atoms. The second kappa shape index (κ2) is 5.03. The van der Waals surface area contributed by atoms with Crippen molar-refractivity contribution < 1.29 is 18.7 Å². The van der Waals surface area contributed by atoms with Gasteiger partial charge >= 0.3 is 0 Å². The van der Waals surface area contributed by atoms with Crippen LogP contribution in [0.1, 0.15) is 10.4 Å². The highest BCUT2D eigenvalue weighted by atomic mass is 19.1. The van der Waals surface area contributed by atoms with Gasteiger partial charge in [0.1, 0.15) is 0 Å². The number of nitrogens with one attached hydrogen (secondary N) is 1. The maximum absolute atomic E-state index is 13.2. The number of piperazine rings is 1. The number of hydrogen-bond donors (Lipinski definition) is 1. The van der Waals surface area contributed by atoms with Crippen LogP contribution in [0.15, 0.2) is 18.2 Å². The lowest BCUT2D eigenvalue weighted by molar-refractivity contribution is -0.123. The number of nitrogens with zero attached hydrogens (tertiary/aromatic N) is 1. The van der Waals surface area contributed by atoms with E-state index in [1.54, 1.807) is 0 Å². The van der Waals surface area contributed by atoms with Crippen LogP contribution in [0.4, 0.5) is 4.39 Å². The van der Waals surface area contributed by atoms with Crippen molar-refractivity contribution in [3.8, 4) is 5.75 Å². The van der Waals surface area contributed by atoms with Gasteiger partial charge < -0.3 is 15.0 Å². The van der Waals surface area contributed by atoms with E-state index in [2.05, 4.69) is 5.32 Å². The first-order chi connectivity index (χ1) is 8.61. The van der Waals surface area contributed by atoms with Crippen LogP contribution in [0.5, 0.6) is 5.75 Å². The van der Waals surface area contributed by atoms with Crippen molar-refractivity contribution in [2.24, 2.45) is 0 Å². The molecule has 2 amide bonds. The Morgan fingerprint density at radius 3 is 2.94 bits per heavy atom. The van der Waals surface area contributed by atoms with Crippen LogP contribution in [0, 0.1) is 5.82 Å². The zero-order chi connectivity index (χ0) is 13.1. The molecule has 0 bridgehead atoms. The highest BCUT2D eigenvalue weighted by Gasteiger charge is 2.22. The highest BCUT2D eigenvalue weighted by molar-refractivity contribution is 5.97. The zero-order valence-electron chi connectivity index (χ0n) is 9.90. The molecular weight excluding hydrogens is 239 g/mol. The average Bonchev–Trinajstić information content (AvgIpc) is 2.38. The number of halogens is 1. The summed E-state index contributed by atoms with van der Waals surface area (Å²) in [6, 6.07) is 3.90. The quantitative estimate of drug-likeness (QED) is 0.829. The minimum Gasteiger partial charge on any atom is -0.494 e. The molecule has 0 atom stereocenters. The van der Waals surface area contributed by atoms with Gasteiger partial charge in [-0.05, 0) is 18.2 Å². The smallest absolute Gasteiger partial charge is 0.254 e. The number of amides is 2. The molecular formula is C12H13FN2O3. The Morgan fingerprint density at radius 2 is 2.28 bits per heavy atom. The van der Waals surface area contributed by atoms with Crippen molar-refractivity contribution in [1.82, 2.24) is 10.2 Å². The number of carbonyl (C=O) groups excluding carboxylic acids is 2. The molecule has 2 rings (SSSR count). The summed E-state index contributed by atoms with van der Waals surface area (Å²) in [5.41, 5.74) is 0.308. The van der Waals surface area contributed by atoms with Crippen LogP contribution >= 0.6 is 0 Å². The molecule has 1 aromatic carbocycles. The first kappa shape index (κ1) is 12.3. The van der Waals surface area contributed by atoms with Crippen molar-refractivity contribution in [3.05, 3.63) is 29.6 Å². The van der Waals surface area contributed by atoms with Gasteiger partial charge in [0.25, 0.3) is 5.91 Å². The maximum Gasteiger partial charge on any atom is 0.254 e. The largest absolute Gasteiger partial charge is 0.494 e. The molecule has 96 valence electrons. The van der Waals surface area contributed by atoms with Crippen LogP contribution in [0.2, 0.25) is 0 Å². The SMILES string of the molecule is COc1cc(C(=O)N2CCNC(=O)C2)ccc1F. The van der Waals surface area contributed by atoms with E-state index >= 15 is 0 Å². The lowest BCUT2D eigenvalue weighted by Gasteiger charge is -2.26. The summed E-state index contributed by atoms with van der Waals surface area (Å²) in [6.07, 6.45) is 0. The van der Waals surface area contributed by atoms with Crippen LogP contribution in [-0.2, 0) is 4.79 Å². The number of carbonyl (C=O) groups is 2. The topological polar surface area (TPSA) is 58.6 Å². The number of ether oxygens (including phenoxy) is 1. The first-order valence-corrected chi connectivity index (χ1v) is 5.51. The van der Waals surface area contributed by atoms with E-state index in [4.69, 9.17) is 4.74 Å². The zero-order valence-corrected chi connectivity index (χ0v) is 9.90. The Labute approximate surface area is 104 Å². The van der Waals surface area contributed by atoms with Crippen molar-refractivity contribution >= 4 is 11.8 Å². The third-order valence-electron chi connectivity index (χ3n) is 2.72. The maximum atomic E-state index is 13.2. The molecule has 0 aromatic heterocycles. The Bertz CT molecular complexity index is 490. The van der Waals surface area contributed by atoms with Gasteiger partial charge in [-0.1, -0.05) is 0 Å². The van der Waals surface area contributed by atoms with E-state index in [9.17, 15) is 14.0 Å². The Balaban J connectivity index is 2.20. The van der Waals surface area contributed by atoms with Crippen LogP contribution in [0.3, 0.4) is 0 Å². The molecule has 5 nitrogen and oxygen atoms in total. The molecule has 1 heterocycles. The van der Waals surface area contributed by atoms with E-state index in [1.165, 1.54) is 30.2 Å². The molecule has 1 aliphatic heterocycles. The fraction of sp³-hybridized carbons (Fsp3) is 0.333. The van der Waals surface area contributed by atoms with Gasteiger partial charge in [-0.3, -0.25) is 9.59 Å². The van der Waals surface area contributed by atoms with Crippen LogP contribution < -0.4 is 10.1 Å². The van der Waals surface area contributed by atoms with Crippen molar-refractivity contribution in [2.75, 3.05) is 26.7 Å². The summed E-state index contributed by atoms with van der Waals surface area (Å²) in [7, 11) is 1.33.